The molecule has 0 bridgehead atoms. The van der Waals surface area contributed by atoms with Crippen molar-refractivity contribution >= 4 is 77.2 Å². The number of fused-ring (bicyclic) bond motifs is 3. The van der Waals surface area contributed by atoms with Gasteiger partial charge in [0.1, 0.15) is 0 Å². The Bertz CT molecular complexity index is 1170. The fraction of sp³-hybridized carbons (Fsp3) is 0.448. The Balaban J connectivity index is 1.60. The summed E-state index contributed by atoms with van der Waals surface area (Å²) in [5.41, 5.74) is 3.45. The van der Waals surface area contributed by atoms with Crippen LogP contribution in [0.4, 0.5) is 0 Å². The summed E-state index contributed by atoms with van der Waals surface area (Å²) in [6, 6.07) is 14.1. The van der Waals surface area contributed by atoms with Crippen molar-refractivity contribution in [2.45, 2.75) is 83.5 Å². The highest BCUT2D eigenvalue weighted by Crippen LogP contribution is 2.62. The molecular weight excluding hydrogens is 636 g/mol. The van der Waals surface area contributed by atoms with Crippen molar-refractivity contribution in [1.29, 1.82) is 0 Å². The van der Waals surface area contributed by atoms with Gasteiger partial charge in [0.25, 0.3) is 0 Å². The van der Waals surface area contributed by atoms with Crippen molar-refractivity contribution < 1.29 is 0 Å². The lowest BCUT2D eigenvalue weighted by Gasteiger charge is -2.31. The molecule has 0 nitrogen and oxygen atoms in total. The Kier molecular flexibility index (Phi) is 8.78. The van der Waals surface area contributed by atoms with E-state index in [-0.39, 0.29) is 5.41 Å². The van der Waals surface area contributed by atoms with Crippen LogP contribution in [0.25, 0.3) is 29.3 Å². The smallest absolute Gasteiger partial charge is 0.0705 e. The van der Waals surface area contributed by atoms with Crippen LogP contribution in [-0.4, -0.2) is 0 Å². The van der Waals surface area contributed by atoms with Crippen molar-refractivity contribution in [2.75, 3.05) is 0 Å². The summed E-state index contributed by atoms with van der Waals surface area (Å²) >= 11 is 15.1. The van der Waals surface area contributed by atoms with E-state index in [1.54, 1.807) is 20.9 Å². The zero-order valence-corrected chi connectivity index (χ0v) is 26.9. The second-order valence-corrected chi connectivity index (χ2v) is 16.6. The Hall–Kier alpha value is -0.240. The van der Waals surface area contributed by atoms with Crippen molar-refractivity contribution in [3.8, 4) is 29.3 Å². The van der Waals surface area contributed by atoms with Gasteiger partial charge in [0.2, 0.25) is 0 Å². The molecule has 0 radical (unpaired) electrons. The van der Waals surface area contributed by atoms with Crippen LogP contribution in [-0.2, 0) is 5.41 Å². The van der Waals surface area contributed by atoms with Gasteiger partial charge >= 0.3 is 0 Å². The van der Waals surface area contributed by atoms with Crippen LogP contribution in [0.1, 0.15) is 89.2 Å². The number of thiophene rings is 4. The van der Waals surface area contributed by atoms with E-state index in [4.69, 9.17) is 0 Å². The average molecular weight is 669 g/mol. The van der Waals surface area contributed by atoms with Crippen molar-refractivity contribution in [3.05, 3.63) is 55.1 Å². The van der Waals surface area contributed by atoms with Gasteiger partial charge < -0.3 is 0 Å². The van der Waals surface area contributed by atoms with Crippen LogP contribution in [0, 0.1) is 0 Å². The summed E-state index contributed by atoms with van der Waals surface area (Å²) in [5, 5.41) is 0. The molecule has 5 rings (SSSR count). The monoisotopic (exact) mass is 666 g/mol. The SMILES string of the molecule is CCCCCCC1(CCCCCC)c2cc(-c3ccc(Br)s3)sc2-c2sc(-c3ccc(Br)s3)cc21. The number of hydrogen-bond donors (Lipinski definition) is 0. The fourth-order valence-electron chi connectivity index (χ4n) is 5.48. The van der Waals surface area contributed by atoms with E-state index >= 15 is 0 Å². The second-order valence-electron chi connectivity index (χ2n) is 9.62. The summed E-state index contributed by atoms with van der Waals surface area (Å²) in [6.45, 7) is 4.64. The molecule has 1 aliphatic carbocycles. The third kappa shape index (κ3) is 5.35. The molecule has 1 aliphatic rings. The number of unbranched alkanes of at least 4 members (excludes halogenated alkanes) is 6. The summed E-state index contributed by atoms with van der Waals surface area (Å²) in [4.78, 5) is 8.77. The molecule has 0 fully saturated rings. The van der Waals surface area contributed by atoms with Gasteiger partial charge in [-0.15, -0.1) is 45.3 Å². The zero-order valence-electron chi connectivity index (χ0n) is 20.4. The van der Waals surface area contributed by atoms with E-state index < -0.39 is 0 Å². The molecule has 35 heavy (non-hydrogen) atoms. The Morgan fingerprint density at radius 2 is 1.03 bits per heavy atom. The Morgan fingerprint density at radius 1 is 0.571 bits per heavy atom. The van der Waals surface area contributed by atoms with Crippen LogP contribution in [0.3, 0.4) is 0 Å². The Labute approximate surface area is 243 Å². The quantitative estimate of drug-likeness (QED) is 0.132. The standard InChI is InChI=1S/C29H32Br2S4/c1-3-5-7-9-15-29(16-10-8-6-4-2)19-17-23(21-11-13-25(30)32-21)34-27(19)28-20(29)18-24(35-28)22-12-14-26(31)33-22/h11-14,17-18H,3-10,15-16H2,1-2H3. The van der Waals surface area contributed by atoms with Gasteiger partial charge in [-0.1, -0.05) is 65.2 Å². The first kappa shape index (κ1) is 26.4. The minimum absolute atomic E-state index is 0.179. The van der Waals surface area contributed by atoms with Gasteiger partial charge in [-0.25, -0.2) is 0 Å². The molecule has 0 unspecified atom stereocenters. The second kappa shape index (κ2) is 11.7. The predicted octanol–water partition coefficient (Wildman–Crippen LogP) is 13.0. The van der Waals surface area contributed by atoms with Crippen molar-refractivity contribution in [1.82, 2.24) is 0 Å². The lowest BCUT2D eigenvalue weighted by Crippen LogP contribution is -2.25. The molecule has 0 aliphatic heterocycles. The van der Waals surface area contributed by atoms with E-state index in [1.807, 2.05) is 45.3 Å². The maximum Gasteiger partial charge on any atom is 0.0705 e. The molecule has 0 aromatic carbocycles. The molecule has 4 aromatic rings. The average Bonchev–Trinajstić information content (AvgIpc) is 3.64. The van der Waals surface area contributed by atoms with E-state index in [2.05, 4.69) is 82.1 Å². The molecule has 0 amide bonds. The van der Waals surface area contributed by atoms with Crippen LogP contribution >= 0.6 is 77.2 Å². The topological polar surface area (TPSA) is 0 Å². The largest absolute Gasteiger partial charge is 0.133 e. The maximum absolute atomic E-state index is 3.69. The Morgan fingerprint density at radius 3 is 1.40 bits per heavy atom. The minimum Gasteiger partial charge on any atom is -0.133 e. The first-order chi connectivity index (χ1) is 17.1. The molecule has 4 aromatic heterocycles. The van der Waals surface area contributed by atoms with Crippen LogP contribution in [0.2, 0.25) is 0 Å². The van der Waals surface area contributed by atoms with Gasteiger partial charge in [0.05, 0.1) is 7.57 Å². The normalized spacial score (nSPS) is 13.9. The van der Waals surface area contributed by atoms with E-state index in [0.29, 0.717) is 0 Å². The predicted molar refractivity (Wildman–Crippen MR) is 168 cm³/mol. The minimum atomic E-state index is 0.179. The van der Waals surface area contributed by atoms with Crippen molar-refractivity contribution in [3.63, 3.8) is 0 Å². The molecule has 186 valence electrons. The van der Waals surface area contributed by atoms with Crippen LogP contribution < -0.4 is 0 Å². The lowest BCUT2D eigenvalue weighted by molar-refractivity contribution is 0.402. The maximum atomic E-state index is 3.69. The summed E-state index contributed by atoms with van der Waals surface area (Å²) in [5.74, 6) is 0. The van der Waals surface area contributed by atoms with Gasteiger partial charge in [0.15, 0.2) is 0 Å². The van der Waals surface area contributed by atoms with Crippen LogP contribution in [0.5, 0.6) is 0 Å². The molecule has 0 saturated heterocycles. The molecule has 0 spiro atoms. The first-order valence-corrected chi connectivity index (χ1v) is 17.7. The van der Waals surface area contributed by atoms with Gasteiger partial charge in [-0.05, 0) is 92.2 Å². The number of rotatable bonds is 12. The van der Waals surface area contributed by atoms with Gasteiger partial charge in [0, 0.05) is 34.7 Å². The van der Waals surface area contributed by atoms with Crippen LogP contribution in [0.15, 0.2) is 44.0 Å². The van der Waals surface area contributed by atoms with E-state index in [9.17, 15) is 0 Å². The molecule has 0 saturated carbocycles. The molecule has 4 heterocycles. The fourth-order valence-corrected chi connectivity index (χ4v) is 11.1. The third-order valence-corrected chi connectivity index (χ3v) is 13.3. The molecule has 6 heteroatoms. The van der Waals surface area contributed by atoms with Crippen molar-refractivity contribution in [2.24, 2.45) is 0 Å². The number of hydrogen-bond acceptors (Lipinski definition) is 4. The third-order valence-electron chi connectivity index (χ3n) is 7.25. The molecule has 0 N–H and O–H groups in total. The molecule has 0 atom stereocenters. The van der Waals surface area contributed by atoms with Gasteiger partial charge in [-0.2, -0.15) is 0 Å². The van der Waals surface area contributed by atoms with E-state index in [0.717, 1.165) is 0 Å². The highest BCUT2D eigenvalue weighted by Gasteiger charge is 2.45. The highest BCUT2D eigenvalue weighted by molar-refractivity contribution is 9.11. The summed E-state index contributed by atoms with van der Waals surface area (Å²) in [6.07, 6.45) is 13.2. The summed E-state index contributed by atoms with van der Waals surface area (Å²) < 4.78 is 2.43. The lowest BCUT2D eigenvalue weighted by atomic mass is 9.71. The highest BCUT2D eigenvalue weighted by atomic mass is 79.9. The first-order valence-electron chi connectivity index (χ1n) is 12.9. The molecular formula is C29H32Br2S4. The van der Waals surface area contributed by atoms with Gasteiger partial charge in [-0.3, -0.25) is 0 Å². The van der Waals surface area contributed by atoms with E-state index in [1.165, 1.54) is 91.3 Å². The zero-order chi connectivity index (χ0) is 24.4. The summed E-state index contributed by atoms with van der Waals surface area (Å²) in [7, 11) is 0. The number of halogens is 2.